The summed E-state index contributed by atoms with van der Waals surface area (Å²) in [4.78, 5) is 35.5. The van der Waals surface area contributed by atoms with Crippen LogP contribution in [0.3, 0.4) is 0 Å². The third-order valence-corrected chi connectivity index (χ3v) is 4.86. The van der Waals surface area contributed by atoms with E-state index in [0.717, 1.165) is 11.8 Å². The fourth-order valence-electron chi connectivity index (χ4n) is 2.27. The molecular weight excluding hydrogens is 394 g/mol. The van der Waals surface area contributed by atoms with E-state index in [0.29, 0.717) is 27.0 Å². The number of carboxylic acid groups (broad SMARTS) is 2. The van der Waals surface area contributed by atoms with Gasteiger partial charge in [0.25, 0.3) is 5.91 Å². The van der Waals surface area contributed by atoms with E-state index in [1.54, 1.807) is 24.3 Å². The summed E-state index contributed by atoms with van der Waals surface area (Å²) >= 11 is 6.34. The molecule has 0 bridgehead atoms. The van der Waals surface area contributed by atoms with E-state index >= 15 is 0 Å². The number of aliphatic carboxylic acids is 2. The minimum Gasteiger partial charge on any atom is -0.493 e. The van der Waals surface area contributed by atoms with Gasteiger partial charge in [-0.25, -0.2) is 4.79 Å². The fourth-order valence-corrected chi connectivity index (χ4v) is 3.57. The average molecular weight is 411 g/mol. The van der Waals surface area contributed by atoms with Gasteiger partial charge < -0.3 is 19.7 Å². The standard InChI is InChI=1S/C17H17NO7S2/c1-24-12-7-10(4-5-11(12)25-9-15(21)22)8-13-16(23)18(17(26)27-13)6-2-3-14(19)20/h4-5,7-8H,2-3,6,9H2,1H3,(H,19,20)(H,21,22). The highest BCUT2D eigenvalue weighted by atomic mass is 32.2. The zero-order chi connectivity index (χ0) is 20.0. The molecule has 0 unspecified atom stereocenters. The molecule has 0 radical (unpaired) electrons. The smallest absolute Gasteiger partial charge is 0.341 e. The molecule has 1 fully saturated rings. The van der Waals surface area contributed by atoms with Crippen LogP contribution in [0.25, 0.3) is 6.08 Å². The summed E-state index contributed by atoms with van der Waals surface area (Å²) in [5.41, 5.74) is 0.653. The molecule has 1 aliphatic rings. The lowest BCUT2D eigenvalue weighted by Crippen LogP contribution is -2.29. The predicted octanol–water partition coefficient (Wildman–Crippen LogP) is 2.22. The number of nitrogens with zero attached hydrogens (tertiary/aromatic N) is 1. The van der Waals surface area contributed by atoms with Gasteiger partial charge in [-0.3, -0.25) is 14.5 Å². The van der Waals surface area contributed by atoms with E-state index < -0.39 is 18.5 Å². The number of thioether (sulfide) groups is 1. The van der Waals surface area contributed by atoms with Crippen LogP contribution in [0.4, 0.5) is 0 Å². The molecule has 0 aliphatic carbocycles. The van der Waals surface area contributed by atoms with E-state index in [9.17, 15) is 14.4 Å². The number of ether oxygens (including phenoxy) is 2. The Bertz CT molecular complexity index is 806. The third kappa shape index (κ3) is 5.69. The van der Waals surface area contributed by atoms with Crippen molar-refractivity contribution in [3.63, 3.8) is 0 Å². The summed E-state index contributed by atoms with van der Waals surface area (Å²) in [5, 5.41) is 17.4. The van der Waals surface area contributed by atoms with Crippen molar-refractivity contribution < 1.29 is 34.1 Å². The molecule has 1 amide bonds. The predicted molar refractivity (Wildman–Crippen MR) is 103 cm³/mol. The van der Waals surface area contributed by atoms with Crippen LogP contribution in [-0.4, -0.2) is 57.5 Å². The molecule has 1 heterocycles. The Balaban J connectivity index is 2.13. The molecule has 10 heteroatoms. The van der Waals surface area contributed by atoms with Gasteiger partial charge in [0.2, 0.25) is 0 Å². The van der Waals surface area contributed by atoms with Crippen molar-refractivity contribution in [1.82, 2.24) is 4.90 Å². The number of rotatable bonds is 9. The highest BCUT2D eigenvalue weighted by Crippen LogP contribution is 2.34. The SMILES string of the molecule is COc1cc(C=C2SC(=S)N(CCCC(=O)O)C2=O)ccc1OCC(=O)O. The van der Waals surface area contributed by atoms with Crippen molar-refractivity contribution in [2.24, 2.45) is 0 Å². The first-order valence-corrected chi connectivity index (χ1v) is 9.04. The number of thiocarbonyl (C=S) groups is 1. The van der Waals surface area contributed by atoms with E-state index in [2.05, 4.69) is 0 Å². The molecular formula is C17H17NO7S2. The van der Waals surface area contributed by atoms with E-state index in [1.165, 1.54) is 12.0 Å². The van der Waals surface area contributed by atoms with Crippen molar-refractivity contribution in [1.29, 1.82) is 0 Å². The summed E-state index contributed by atoms with van der Waals surface area (Å²) in [6, 6.07) is 4.84. The lowest BCUT2D eigenvalue weighted by molar-refractivity contribution is -0.139. The molecule has 1 saturated heterocycles. The Morgan fingerprint density at radius 1 is 1.26 bits per heavy atom. The first-order valence-electron chi connectivity index (χ1n) is 7.81. The first kappa shape index (κ1) is 20.7. The molecule has 2 rings (SSSR count). The molecule has 0 aromatic heterocycles. The van der Waals surface area contributed by atoms with Crippen molar-refractivity contribution >= 4 is 52.2 Å². The Morgan fingerprint density at radius 3 is 2.63 bits per heavy atom. The van der Waals surface area contributed by atoms with Gasteiger partial charge in [0, 0.05) is 13.0 Å². The number of benzene rings is 1. The molecule has 144 valence electrons. The highest BCUT2D eigenvalue weighted by Gasteiger charge is 2.31. The van der Waals surface area contributed by atoms with Crippen molar-refractivity contribution in [2.75, 3.05) is 20.3 Å². The maximum atomic E-state index is 12.5. The maximum Gasteiger partial charge on any atom is 0.341 e. The Labute approximate surface area is 164 Å². The normalized spacial score (nSPS) is 15.3. The van der Waals surface area contributed by atoms with Gasteiger partial charge in [0.1, 0.15) is 4.32 Å². The monoisotopic (exact) mass is 411 g/mol. The van der Waals surface area contributed by atoms with E-state index in [1.807, 2.05) is 0 Å². The largest absolute Gasteiger partial charge is 0.493 e. The van der Waals surface area contributed by atoms with E-state index in [-0.39, 0.29) is 24.6 Å². The van der Waals surface area contributed by atoms with Gasteiger partial charge in [-0.1, -0.05) is 30.0 Å². The maximum absolute atomic E-state index is 12.5. The first-order chi connectivity index (χ1) is 12.8. The quantitative estimate of drug-likeness (QED) is 0.466. The second-order valence-corrected chi connectivity index (χ2v) is 7.10. The molecule has 0 saturated carbocycles. The van der Waals surface area contributed by atoms with Gasteiger partial charge in [0.05, 0.1) is 12.0 Å². The number of amides is 1. The number of carboxylic acids is 2. The molecule has 1 aromatic rings. The van der Waals surface area contributed by atoms with Crippen molar-refractivity contribution in [2.45, 2.75) is 12.8 Å². The van der Waals surface area contributed by atoms with Gasteiger partial charge in [-0.05, 0) is 30.2 Å². The Kier molecular flexibility index (Phi) is 7.19. The zero-order valence-corrected chi connectivity index (χ0v) is 16.0. The van der Waals surface area contributed by atoms with Crippen LogP contribution in [0, 0.1) is 0 Å². The molecule has 0 atom stereocenters. The topological polar surface area (TPSA) is 113 Å². The minimum atomic E-state index is -1.10. The highest BCUT2D eigenvalue weighted by molar-refractivity contribution is 8.26. The number of carbonyl (C=O) groups excluding carboxylic acids is 1. The van der Waals surface area contributed by atoms with Crippen molar-refractivity contribution in [3.05, 3.63) is 28.7 Å². The minimum absolute atomic E-state index is 0.0366. The molecule has 1 aromatic carbocycles. The van der Waals surface area contributed by atoms with Gasteiger partial charge >= 0.3 is 11.9 Å². The van der Waals surface area contributed by atoms with Crippen LogP contribution in [0.15, 0.2) is 23.1 Å². The summed E-state index contributed by atoms with van der Waals surface area (Å²) < 4.78 is 10.7. The fraction of sp³-hybridized carbons (Fsp3) is 0.294. The second kappa shape index (κ2) is 9.38. The lowest BCUT2D eigenvalue weighted by Gasteiger charge is -2.13. The number of carbonyl (C=O) groups is 3. The van der Waals surface area contributed by atoms with Gasteiger partial charge in [-0.15, -0.1) is 0 Å². The summed E-state index contributed by atoms with van der Waals surface area (Å²) in [6.07, 6.45) is 1.92. The van der Waals surface area contributed by atoms with E-state index in [4.69, 9.17) is 31.9 Å². The summed E-state index contributed by atoms with van der Waals surface area (Å²) in [6.45, 7) is -0.246. The van der Waals surface area contributed by atoms with Crippen LogP contribution in [0.5, 0.6) is 11.5 Å². The van der Waals surface area contributed by atoms with Crippen LogP contribution in [0.1, 0.15) is 18.4 Å². The van der Waals surface area contributed by atoms with Crippen LogP contribution >= 0.6 is 24.0 Å². The van der Waals surface area contributed by atoms with Gasteiger partial charge in [0.15, 0.2) is 18.1 Å². The molecule has 27 heavy (non-hydrogen) atoms. The van der Waals surface area contributed by atoms with Crippen molar-refractivity contribution in [3.8, 4) is 11.5 Å². The van der Waals surface area contributed by atoms with Crippen LogP contribution in [0.2, 0.25) is 0 Å². The molecule has 0 spiro atoms. The Hall–Kier alpha value is -2.59. The summed E-state index contributed by atoms with van der Waals surface area (Å²) in [5.74, 6) is -1.69. The molecule has 1 aliphatic heterocycles. The Morgan fingerprint density at radius 2 is 2.00 bits per heavy atom. The molecule has 2 N–H and O–H groups in total. The third-order valence-electron chi connectivity index (χ3n) is 3.48. The summed E-state index contributed by atoms with van der Waals surface area (Å²) in [7, 11) is 1.43. The van der Waals surface area contributed by atoms with Crippen LogP contribution in [-0.2, 0) is 14.4 Å². The van der Waals surface area contributed by atoms with Crippen LogP contribution < -0.4 is 9.47 Å². The number of hydrogen-bond acceptors (Lipinski definition) is 7. The second-order valence-electron chi connectivity index (χ2n) is 5.42. The molecule has 8 nitrogen and oxygen atoms in total. The number of hydrogen-bond donors (Lipinski definition) is 2. The number of methoxy groups -OCH3 is 1. The zero-order valence-electron chi connectivity index (χ0n) is 14.3. The lowest BCUT2D eigenvalue weighted by atomic mass is 10.2. The van der Waals surface area contributed by atoms with Gasteiger partial charge in [-0.2, -0.15) is 0 Å². The average Bonchev–Trinajstić information content (AvgIpc) is 2.87.